The molecule has 3 nitrogen and oxygen atoms in total. The van der Waals surface area contributed by atoms with Gasteiger partial charge in [0.2, 0.25) is 0 Å². The molecule has 1 saturated heterocycles. The van der Waals surface area contributed by atoms with E-state index in [0.717, 1.165) is 47.1 Å². The minimum atomic E-state index is 0.521. The third-order valence-electron chi connectivity index (χ3n) is 4.74. The van der Waals surface area contributed by atoms with Gasteiger partial charge in [0.15, 0.2) is 0 Å². The zero-order chi connectivity index (χ0) is 18.6. The zero-order valence-electron chi connectivity index (χ0n) is 14.9. The van der Waals surface area contributed by atoms with Crippen LogP contribution in [0.5, 0.6) is 5.75 Å². The van der Waals surface area contributed by atoms with Crippen LogP contribution in [0.15, 0.2) is 65.1 Å². The number of nitrogens with zero attached hydrogens (tertiary/aromatic N) is 1. The molecular weight excluding hydrogens is 422 g/mol. The van der Waals surface area contributed by atoms with Gasteiger partial charge in [-0.3, -0.25) is 0 Å². The Morgan fingerprint density at radius 2 is 1.81 bits per heavy atom. The molecule has 0 spiro atoms. The number of morpholine rings is 1. The van der Waals surface area contributed by atoms with E-state index < -0.39 is 0 Å². The van der Waals surface area contributed by atoms with Crippen LogP contribution in [0.2, 0.25) is 0 Å². The molecule has 0 atom stereocenters. The Kier molecular flexibility index (Phi) is 5.72. The second-order valence-corrected chi connectivity index (χ2v) is 7.72. The average molecular weight is 442 g/mol. The largest absolute Gasteiger partial charge is 0.488 e. The van der Waals surface area contributed by atoms with Gasteiger partial charge in [0.25, 0.3) is 0 Å². The highest BCUT2D eigenvalue weighted by atomic mass is 79.9. The number of fused-ring (bicyclic) bond motifs is 1. The normalized spacial score (nSPS) is 14.3. The van der Waals surface area contributed by atoms with Crippen LogP contribution in [0.3, 0.4) is 0 Å². The topological polar surface area (TPSA) is 21.7 Å². The highest BCUT2D eigenvalue weighted by molar-refractivity contribution is 9.10. The second kappa shape index (κ2) is 8.38. The molecule has 1 fully saturated rings. The predicted octanol–water partition coefficient (Wildman–Crippen LogP) is 5.19. The molecule has 0 unspecified atom stereocenters. The molecule has 0 aliphatic carbocycles. The molecule has 1 aliphatic rings. The Balaban J connectivity index is 1.49. The van der Waals surface area contributed by atoms with E-state index in [4.69, 9.17) is 21.7 Å². The summed E-state index contributed by atoms with van der Waals surface area (Å²) in [6, 6.07) is 20.7. The monoisotopic (exact) mass is 441 g/mol. The molecule has 0 radical (unpaired) electrons. The van der Waals surface area contributed by atoms with Gasteiger partial charge in [-0.25, -0.2) is 0 Å². The molecule has 0 saturated carbocycles. The molecule has 27 heavy (non-hydrogen) atoms. The molecule has 3 aromatic rings. The van der Waals surface area contributed by atoms with Gasteiger partial charge >= 0.3 is 0 Å². The average Bonchev–Trinajstić information content (AvgIpc) is 2.73. The lowest BCUT2D eigenvalue weighted by Crippen LogP contribution is -2.40. The number of thiocarbonyl (C=S) groups is 1. The molecule has 0 aromatic heterocycles. The maximum atomic E-state index is 6.09. The van der Waals surface area contributed by atoms with E-state index in [1.54, 1.807) is 0 Å². The highest BCUT2D eigenvalue weighted by Gasteiger charge is 2.16. The molecule has 138 valence electrons. The van der Waals surface area contributed by atoms with Crippen LogP contribution in [0, 0.1) is 0 Å². The molecule has 0 amide bonds. The molecular formula is C22H20BrNO2S. The van der Waals surface area contributed by atoms with Crippen molar-refractivity contribution >= 4 is 43.9 Å². The van der Waals surface area contributed by atoms with Crippen molar-refractivity contribution < 1.29 is 9.47 Å². The number of rotatable bonds is 4. The van der Waals surface area contributed by atoms with Crippen LogP contribution < -0.4 is 4.74 Å². The van der Waals surface area contributed by atoms with Crippen LogP contribution in [0.25, 0.3) is 10.8 Å². The maximum Gasteiger partial charge on any atom is 0.134 e. The first-order valence-electron chi connectivity index (χ1n) is 8.98. The summed E-state index contributed by atoms with van der Waals surface area (Å²) < 4.78 is 12.4. The van der Waals surface area contributed by atoms with Gasteiger partial charge in [0.05, 0.1) is 17.7 Å². The highest BCUT2D eigenvalue weighted by Crippen LogP contribution is 2.29. The molecule has 3 aromatic carbocycles. The summed E-state index contributed by atoms with van der Waals surface area (Å²) >= 11 is 9.28. The maximum absolute atomic E-state index is 6.09. The molecule has 5 heteroatoms. The van der Waals surface area contributed by atoms with Crippen molar-refractivity contribution in [2.75, 3.05) is 26.3 Å². The minimum Gasteiger partial charge on any atom is -0.488 e. The Bertz CT molecular complexity index is 964. The summed E-state index contributed by atoms with van der Waals surface area (Å²) in [5.74, 6) is 0.816. The van der Waals surface area contributed by atoms with Gasteiger partial charge in [-0.15, -0.1) is 0 Å². The first-order chi connectivity index (χ1) is 13.2. The van der Waals surface area contributed by atoms with Gasteiger partial charge in [-0.2, -0.15) is 0 Å². The van der Waals surface area contributed by atoms with E-state index in [1.807, 2.05) is 18.2 Å². The number of hydrogen-bond donors (Lipinski definition) is 0. The summed E-state index contributed by atoms with van der Waals surface area (Å²) in [5.41, 5.74) is 2.20. The fourth-order valence-corrected chi connectivity index (χ4v) is 4.08. The van der Waals surface area contributed by atoms with E-state index >= 15 is 0 Å². The van der Waals surface area contributed by atoms with E-state index in [9.17, 15) is 0 Å². The third kappa shape index (κ3) is 4.15. The van der Waals surface area contributed by atoms with Crippen LogP contribution in [-0.4, -0.2) is 36.2 Å². The van der Waals surface area contributed by atoms with E-state index in [2.05, 4.69) is 63.3 Å². The van der Waals surface area contributed by atoms with Crippen LogP contribution in [0.4, 0.5) is 0 Å². The fraction of sp³-hybridized carbons (Fsp3) is 0.227. The van der Waals surface area contributed by atoms with Crippen LogP contribution in [0.1, 0.15) is 11.1 Å². The van der Waals surface area contributed by atoms with E-state index in [1.165, 1.54) is 16.3 Å². The van der Waals surface area contributed by atoms with Crippen molar-refractivity contribution in [1.82, 2.24) is 4.90 Å². The quantitative estimate of drug-likeness (QED) is 0.519. The van der Waals surface area contributed by atoms with Crippen molar-refractivity contribution in [1.29, 1.82) is 0 Å². The van der Waals surface area contributed by atoms with Gasteiger partial charge in [0.1, 0.15) is 17.3 Å². The SMILES string of the molecule is S=C(c1ccc(OCc2cccc3ccccc23)c(Br)c1)N1CCOCC1. The third-order valence-corrected chi connectivity index (χ3v) is 5.85. The van der Waals surface area contributed by atoms with Crippen molar-refractivity contribution in [2.45, 2.75) is 6.61 Å². The summed E-state index contributed by atoms with van der Waals surface area (Å²) in [6.45, 7) is 3.67. The molecule has 1 aliphatic heterocycles. The summed E-state index contributed by atoms with van der Waals surface area (Å²) in [7, 11) is 0. The van der Waals surface area contributed by atoms with Crippen molar-refractivity contribution in [3.8, 4) is 5.75 Å². The molecule has 0 N–H and O–H groups in total. The molecule has 0 bridgehead atoms. The predicted molar refractivity (Wildman–Crippen MR) is 117 cm³/mol. The van der Waals surface area contributed by atoms with Crippen LogP contribution in [-0.2, 0) is 11.3 Å². The first kappa shape index (κ1) is 18.4. The van der Waals surface area contributed by atoms with Crippen molar-refractivity contribution in [2.24, 2.45) is 0 Å². The molecule has 4 rings (SSSR count). The Morgan fingerprint density at radius 3 is 2.63 bits per heavy atom. The van der Waals surface area contributed by atoms with Gasteiger partial charge in [-0.1, -0.05) is 54.7 Å². The van der Waals surface area contributed by atoms with Gasteiger partial charge in [0, 0.05) is 18.7 Å². The summed E-state index contributed by atoms with van der Waals surface area (Å²) in [4.78, 5) is 3.05. The van der Waals surface area contributed by atoms with E-state index in [0.29, 0.717) is 6.61 Å². The standard InChI is InChI=1S/C22H20BrNO2S/c23-20-14-17(22(27)24-10-12-25-13-11-24)8-9-21(20)26-15-18-6-3-5-16-4-1-2-7-19(16)18/h1-9,14H,10-13,15H2. The number of benzene rings is 3. The Labute approximate surface area is 173 Å². The van der Waals surface area contributed by atoms with Crippen LogP contribution >= 0.6 is 28.1 Å². The smallest absolute Gasteiger partial charge is 0.134 e. The first-order valence-corrected chi connectivity index (χ1v) is 10.2. The van der Waals surface area contributed by atoms with Gasteiger partial charge < -0.3 is 14.4 Å². The lowest BCUT2D eigenvalue weighted by Gasteiger charge is -2.29. The fourth-order valence-electron chi connectivity index (χ4n) is 3.27. The minimum absolute atomic E-state index is 0.521. The number of hydrogen-bond acceptors (Lipinski definition) is 3. The number of halogens is 1. The lowest BCUT2D eigenvalue weighted by atomic mass is 10.1. The Hall–Kier alpha value is -1.95. The van der Waals surface area contributed by atoms with Crippen molar-refractivity contribution in [3.63, 3.8) is 0 Å². The second-order valence-electron chi connectivity index (χ2n) is 6.48. The Morgan fingerprint density at radius 1 is 1.04 bits per heavy atom. The zero-order valence-corrected chi connectivity index (χ0v) is 17.3. The van der Waals surface area contributed by atoms with Gasteiger partial charge in [-0.05, 0) is 50.5 Å². The molecule has 1 heterocycles. The van der Waals surface area contributed by atoms with E-state index in [-0.39, 0.29) is 0 Å². The lowest BCUT2D eigenvalue weighted by molar-refractivity contribution is 0.0693. The summed E-state index contributed by atoms with van der Waals surface area (Å²) in [5, 5.41) is 2.45. The summed E-state index contributed by atoms with van der Waals surface area (Å²) in [6.07, 6.45) is 0. The van der Waals surface area contributed by atoms with Crippen molar-refractivity contribution in [3.05, 3.63) is 76.3 Å². The number of ether oxygens (including phenoxy) is 2.